The lowest BCUT2D eigenvalue weighted by atomic mass is 9.77. The van der Waals surface area contributed by atoms with Gasteiger partial charge in [0, 0.05) is 26.2 Å². The fourth-order valence-electron chi connectivity index (χ4n) is 2.92. The molecular formula is C14H28ClN3O2. The van der Waals surface area contributed by atoms with Gasteiger partial charge in [-0.1, -0.05) is 13.8 Å². The second kappa shape index (κ2) is 8.17. The Morgan fingerprint density at radius 1 is 1.40 bits per heavy atom. The molecule has 0 aliphatic carbocycles. The topological polar surface area (TPSA) is 53.6 Å². The van der Waals surface area contributed by atoms with Crippen LogP contribution in [0, 0.1) is 5.41 Å². The molecule has 0 bridgehead atoms. The number of carbonyl (C=O) groups is 1. The maximum atomic E-state index is 12.2. The van der Waals surface area contributed by atoms with E-state index in [1.54, 1.807) is 0 Å². The monoisotopic (exact) mass is 305 g/mol. The minimum Gasteiger partial charge on any atom is -0.379 e. The Kier molecular flexibility index (Phi) is 7.23. The summed E-state index contributed by atoms with van der Waals surface area (Å²) >= 11 is 0. The van der Waals surface area contributed by atoms with E-state index < -0.39 is 0 Å². The number of nitrogens with one attached hydrogen (secondary N) is 2. The Bertz CT molecular complexity index is 307. The number of amides is 1. The van der Waals surface area contributed by atoms with Gasteiger partial charge in [-0.2, -0.15) is 0 Å². The van der Waals surface area contributed by atoms with Gasteiger partial charge in [0.15, 0.2) is 0 Å². The van der Waals surface area contributed by atoms with Crippen molar-refractivity contribution in [2.24, 2.45) is 5.41 Å². The second-order valence-electron chi connectivity index (χ2n) is 6.22. The van der Waals surface area contributed by atoms with Crippen molar-refractivity contribution in [1.29, 1.82) is 0 Å². The van der Waals surface area contributed by atoms with Crippen molar-refractivity contribution in [3.63, 3.8) is 0 Å². The molecule has 2 N–H and O–H groups in total. The summed E-state index contributed by atoms with van der Waals surface area (Å²) in [5.74, 6) is 0.151. The third-order valence-electron chi connectivity index (χ3n) is 4.22. The number of rotatable bonds is 4. The van der Waals surface area contributed by atoms with Crippen molar-refractivity contribution in [2.45, 2.75) is 32.7 Å². The maximum absolute atomic E-state index is 12.2. The number of halogens is 1. The molecule has 1 unspecified atom stereocenters. The zero-order valence-corrected chi connectivity index (χ0v) is 13.4. The highest BCUT2D eigenvalue weighted by molar-refractivity contribution is 5.85. The van der Waals surface area contributed by atoms with Crippen LogP contribution < -0.4 is 10.6 Å². The van der Waals surface area contributed by atoms with Crippen LogP contribution in [0.25, 0.3) is 0 Å². The molecule has 2 rings (SSSR count). The van der Waals surface area contributed by atoms with Crippen molar-refractivity contribution in [3.8, 4) is 0 Å². The van der Waals surface area contributed by atoms with Crippen LogP contribution in [0.4, 0.5) is 0 Å². The molecule has 0 spiro atoms. The largest absolute Gasteiger partial charge is 0.379 e. The third-order valence-corrected chi connectivity index (χ3v) is 4.22. The lowest BCUT2D eigenvalue weighted by molar-refractivity contribution is -0.126. The molecular weight excluding hydrogens is 278 g/mol. The summed E-state index contributed by atoms with van der Waals surface area (Å²) in [4.78, 5) is 14.6. The van der Waals surface area contributed by atoms with Crippen molar-refractivity contribution in [1.82, 2.24) is 15.5 Å². The molecule has 2 aliphatic rings. The van der Waals surface area contributed by atoms with Crippen molar-refractivity contribution >= 4 is 18.3 Å². The van der Waals surface area contributed by atoms with Crippen LogP contribution in [-0.4, -0.2) is 62.8 Å². The molecule has 0 radical (unpaired) electrons. The molecule has 0 aromatic rings. The van der Waals surface area contributed by atoms with Crippen LogP contribution in [0.15, 0.2) is 0 Å². The predicted molar refractivity (Wildman–Crippen MR) is 82.3 cm³/mol. The molecule has 2 saturated heterocycles. The van der Waals surface area contributed by atoms with E-state index in [0.717, 1.165) is 58.8 Å². The van der Waals surface area contributed by atoms with Gasteiger partial charge in [0.2, 0.25) is 5.91 Å². The molecule has 0 aromatic carbocycles. The summed E-state index contributed by atoms with van der Waals surface area (Å²) in [5.41, 5.74) is 0.0568. The van der Waals surface area contributed by atoms with Crippen molar-refractivity contribution < 1.29 is 9.53 Å². The van der Waals surface area contributed by atoms with Crippen molar-refractivity contribution in [2.75, 3.05) is 45.9 Å². The molecule has 2 aliphatic heterocycles. The minimum absolute atomic E-state index is 0. The quantitative estimate of drug-likeness (QED) is 0.800. The van der Waals surface area contributed by atoms with Crippen LogP contribution in [0.3, 0.4) is 0 Å². The van der Waals surface area contributed by atoms with Crippen LogP contribution in [-0.2, 0) is 9.53 Å². The Morgan fingerprint density at radius 3 is 2.75 bits per heavy atom. The standard InChI is InChI=1S/C14H27N3O2.ClH/c1-14(2)4-3-5-15-12(14)13(18)16-6-7-17-8-10-19-11-9-17;/h12,15H,3-11H2,1-2H3,(H,16,18);1H. The average molecular weight is 306 g/mol. The minimum atomic E-state index is -0.0501. The Labute approximate surface area is 128 Å². The molecule has 1 atom stereocenters. The van der Waals surface area contributed by atoms with E-state index in [1.807, 2.05) is 0 Å². The summed E-state index contributed by atoms with van der Waals surface area (Å²) < 4.78 is 5.31. The van der Waals surface area contributed by atoms with Crippen LogP contribution >= 0.6 is 12.4 Å². The van der Waals surface area contributed by atoms with Crippen LogP contribution in [0.1, 0.15) is 26.7 Å². The highest BCUT2D eigenvalue weighted by atomic mass is 35.5. The Morgan fingerprint density at radius 2 is 2.10 bits per heavy atom. The summed E-state index contributed by atoms with van der Waals surface area (Å²) in [7, 11) is 0. The first-order valence-electron chi connectivity index (χ1n) is 7.41. The number of hydrogen-bond donors (Lipinski definition) is 2. The number of ether oxygens (including phenoxy) is 1. The third kappa shape index (κ3) is 4.88. The summed E-state index contributed by atoms with van der Waals surface area (Å²) in [5, 5.41) is 6.42. The van der Waals surface area contributed by atoms with Gasteiger partial charge in [-0.15, -0.1) is 12.4 Å². The number of piperidine rings is 1. The van der Waals surface area contributed by atoms with E-state index in [-0.39, 0.29) is 29.8 Å². The molecule has 20 heavy (non-hydrogen) atoms. The maximum Gasteiger partial charge on any atom is 0.237 e. The first kappa shape index (κ1) is 17.7. The lowest BCUT2D eigenvalue weighted by Crippen LogP contribution is -2.56. The second-order valence-corrected chi connectivity index (χ2v) is 6.22. The average Bonchev–Trinajstić information content (AvgIpc) is 2.39. The summed E-state index contributed by atoms with van der Waals surface area (Å²) in [6.45, 7) is 10.5. The molecule has 5 nitrogen and oxygen atoms in total. The first-order valence-corrected chi connectivity index (χ1v) is 7.41. The van der Waals surface area contributed by atoms with E-state index in [4.69, 9.17) is 4.74 Å². The van der Waals surface area contributed by atoms with Gasteiger partial charge in [0.1, 0.15) is 0 Å². The lowest BCUT2D eigenvalue weighted by Gasteiger charge is -2.38. The smallest absolute Gasteiger partial charge is 0.237 e. The van der Waals surface area contributed by atoms with E-state index in [2.05, 4.69) is 29.4 Å². The van der Waals surface area contributed by atoms with Gasteiger partial charge in [-0.05, 0) is 24.8 Å². The normalized spacial score (nSPS) is 26.6. The van der Waals surface area contributed by atoms with Gasteiger partial charge < -0.3 is 15.4 Å². The van der Waals surface area contributed by atoms with E-state index in [0.29, 0.717) is 0 Å². The zero-order valence-electron chi connectivity index (χ0n) is 12.6. The molecule has 2 fully saturated rings. The fourth-order valence-corrected chi connectivity index (χ4v) is 2.92. The van der Waals surface area contributed by atoms with E-state index in [9.17, 15) is 4.79 Å². The Balaban J connectivity index is 0.00000200. The van der Waals surface area contributed by atoms with Gasteiger partial charge in [0.25, 0.3) is 0 Å². The molecule has 1 amide bonds. The molecule has 2 heterocycles. The predicted octanol–water partition coefficient (Wildman–Crippen LogP) is 0.635. The van der Waals surface area contributed by atoms with Gasteiger partial charge >= 0.3 is 0 Å². The van der Waals surface area contributed by atoms with Gasteiger partial charge in [0.05, 0.1) is 19.3 Å². The SMILES string of the molecule is CC1(C)CCCNC1C(=O)NCCN1CCOCC1.Cl. The molecule has 0 saturated carbocycles. The molecule has 6 heteroatoms. The summed E-state index contributed by atoms with van der Waals surface area (Å²) in [6, 6.07) is -0.0501. The van der Waals surface area contributed by atoms with Gasteiger partial charge in [-0.25, -0.2) is 0 Å². The fraction of sp³-hybridized carbons (Fsp3) is 0.929. The summed E-state index contributed by atoms with van der Waals surface area (Å²) in [6.07, 6.45) is 2.27. The number of morpholine rings is 1. The van der Waals surface area contributed by atoms with Crippen LogP contribution in [0.2, 0.25) is 0 Å². The van der Waals surface area contributed by atoms with Crippen molar-refractivity contribution in [3.05, 3.63) is 0 Å². The van der Waals surface area contributed by atoms with E-state index >= 15 is 0 Å². The van der Waals surface area contributed by atoms with Gasteiger partial charge in [-0.3, -0.25) is 9.69 Å². The van der Waals surface area contributed by atoms with E-state index in [1.165, 1.54) is 0 Å². The highest BCUT2D eigenvalue weighted by Crippen LogP contribution is 2.29. The first-order chi connectivity index (χ1) is 9.09. The highest BCUT2D eigenvalue weighted by Gasteiger charge is 2.36. The number of carbonyl (C=O) groups excluding carboxylic acids is 1. The molecule has 118 valence electrons. The van der Waals surface area contributed by atoms with Crippen LogP contribution in [0.5, 0.6) is 0 Å². The number of nitrogens with zero attached hydrogens (tertiary/aromatic N) is 1. The molecule has 0 aromatic heterocycles. The number of hydrogen-bond acceptors (Lipinski definition) is 4. The zero-order chi connectivity index (χ0) is 13.7. The Hall–Kier alpha value is -0.360.